The quantitative estimate of drug-likeness (QED) is 0.752. The number of carboxylic acids is 1. The van der Waals surface area contributed by atoms with Gasteiger partial charge in [-0.05, 0) is 25.7 Å². The van der Waals surface area contributed by atoms with Crippen LogP contribution in [-0.2, 0) is 9.59 Å². The molecule has 1 heterocycles. The molecule has 17 heavy (non-hydrogen) atoms. The molecule has 0 aromatic rings. The second-order valence-electron chi connectivity index (χ2n) is 4.63. The van der Waals surface area contributed by atoms with E-state index in [2.05, 4.69) is 0 Å². The second kappa shape index (κ2) is 6.59. The molecule has 1 amide bonds. The van der Waals surface area contributed by atoms with Gasteiger partial charge < -0.3 is 15.7 Å². The molecule has 1 aliphatic rings. The van der Waals surface area contributed by atoms with Crippen LogP contribution >= 0.6 is 0 Å². The maximum absolute atomic E-state index is 12.1. The van der Waals surface area contributed by atoms with Gasteiger partial charge in [0.25, 0.3) is 0 Å². The van der Waals surface area contributed by atoms with Gasteiger partial charge in [-0.3, -0.25) is 4.79 Å². The molecular formula is C12H22N2O3. The summed E-state index contributed by atoms with van der Waals surface area (Å²) in [5.74, 6) is -1.12. The molecule has 0 radical (unpaired) electrons. The number of nitrogens with zero attached hydrogens (tertiary/aromatic N) is 1. The first-order valence-electron chi connectivity index (χ1n) is 6.36. The largest absolute Gasteiger partial charge is 0.480 e. The first-order valence-corrected chi connectivity index (χ1v) is 6.36. The molecular weight excluding hydrogens is 220 g/mol. The Morgan fingerprint density at radius 1 is 1.47 bits per heavy atom. The van der Waals surface area contributed by atoms with Crippen molar-refractivity contribution in [3.05, 3.63) is 0 Å². The van der Waals surface area contributed by atoms with Crippen molar-refractivity contribution in [3.8, 4) is 0 Å². The number of piperidine rings is 1. The molecule has 3 N–H and O–H groups in total. The van der Waals surface area contributed by atoms with Gasteiger partial charge in [-0.25, -0.2) is 4.79 Å². The molecule has 2 atom stereocenters. The molecule has 1 aliphatic heterocycles. The van der Waals surface area contributed by atoms with E-state index in [1.54, 1.807) is 0 Å². The van der Waals surface area contributed by atoms with Crippen LogP contribution in [-0.4, -0.2) is 40.5 Å². The summed E-state index contributed by atoms with van der Waals surface area (Å²) in [6.45, 7) is 2.56. The highest BCUT2D eigenvalue weighted by molar-refractivity contribution is 5.87. The highest BCUT2D eigenvalue weighted by atomic mass is 16.4. The van der Waals surface area contributed by atoms with Crippen LogP contribution < -0.4 is 5.73 Å². The van der Waals surface area contributed by atoms with Gasteiger partial charge in [0, 0.05) is 6.54 Å². The molecule has 5 heteroatoms. The summed E-state index contributed by atoms with van der Waals surface area (Å²) >= 11 is 0. The van der Waals surface area contributed by atoms with E-state index >= 15 is 0 Å². The van der Waals surface area contributed by atoms with E-state index in [0.717, 1.165) is 25.7 Å². The third-order valence-electron chi connectivity index (χ3n) is 3.26. The Balaban J connectivity index is 2.61. The van der Waals surface area contributed by atoms with Crippen LogP contribution in [0, 0.1) is 0 Å². The number of hydrogen-bond acceptors (Lipinski definition) is 3. The summed E-state index contributed by atoms with van der Waals surface area (Å²) in [6, 6.07) is -1.22. The number of carbonyl (C=O) groups excluding carboxylic acids is 1. The monoisotopic (exact) mass is 242 g/mol. The van der Waals surface area contributed by atoms with E-state index in [1.807, 2.05) is 6.92 Å². The zero-order chi connectivity index (χ0) is 12.8. The molecule has 98 valence electrons. The maximum atomic E-state index is 12.1. The van der Waals surface area contributed by atoms with E-state index in [9.17, 15) is 9.59 Å². The number of amides is 1. The lowest BCUT2D eigenvalue weighted by Crippen LogP contribution is -2.53. The number of carboxylic acid groups (broad SMARTS) is 1. The third kappa shape index (κ3) is 3.70. The fraction of sp³-hybridized carbons (Fsp3) is 0.833. The van der Waals surface area contributed by atoms with E-state index in [-0.39, 0.29) is 5.91 Å². The van der Waals surface area contributed by atoms with E-state index in [1.165, 1.54) is 4.90 Å². The molecule has 0 aliphatic carbocycles. The van der Waals surface area contributed by atoms with Gasteiger partial charge in [0.1, 0.15) is 6.04 Å². The predicted molar refractivity (Wildman–Crippen MR) is 64.5 cm³/mol. The Morgan fingerprint density at radius 2 is 2.18 bits per heavy atom. The zero-order valence-corrected chi connectivity index (χ0v) is 10.4. The Bertz CT molecular complexity index is 281. The number of carbonyl (C=O) groups is 2. The smallest absolute Gasteiger partial charge is 0.326 e. The molecule has 0 aromatic carbocycles. The minimum absolute atomic E-state index is 0.203. The van der Waals surface area contributed by atoms with Crippen LogP contribution in [0.15, 0.2) is 0 Å². The number of nitrogens with two attached hydrogens (primary N) is 1. The Morgan fingerprint density at radius 3 is 2.76 bits per heavy atom. The van der Waals surface area contributed by atoms with Gasteiger partial charge in [-0.1, -0.05) is 19.8 Å². The molecule has 1 saturated heterocycles. The molecule has 0 unspecified atom stereocenters. The molecule has 0 saturated carbocycles. The number of rotatable bonds is 5. The van der Waals surface area contributed by atoms with Gasteiger partial charge >= 0.3 is 5.97 Å². The first kappa shape index (κ1) is 14.0. The highest BCUT2D eigenvalue weighted by Gasteiger charge is 2.33. The summed E-state index contributed by atoms with van der Waals surface area (Å²) in [5.41, 5.74) is 5.81. The van der Waals surface area contributed by atoms with E-state index < -0.39 is 18.1 Å². The SMILES string of the molecule is CCCC[C@H](N)C(=O)N1CCCC[C@H]1C(=O)O. The van der Waals surface area contributed by atoms with Crippen molar-refractivity contribution in [1.29, 1.82) is 0 Å². The van der Waals surface area contributed by atoms with Gasteiger partial charge in [0.15, 0.2) is 0 Å². The number of likely N-dealkylation sites (tertiary alicyclic amines) is 1. The lowest BCUT2D eigenvalue weighted by Gasteiger charge is -2.34. The van der Waals surface area contributed by atoms with Gasteiger partial charge in [0.05, 0.1) is 6.04 Å². The Kier molecular flexibility index (Phi) is 5.41. The van der Waals surface area contributed by atoms with Crippen molar-refractivity contribution < 1.29 is 14.7 Å². The van der Waals surface area contributed by atoms with Crippen molar-refractivity contribution in [2.45, 2.75) is 57.5 Å². The third-order valence-corrected chi connectivity index (χ3v) is 3.26. The Hall–Kier alpha value is -1.10. The van der Waals surface area contributed by atoms with Crippen molar-refractivity contribution in [2.75, 3.05) is 6.54 Å². The first-order chi connectivity index (χ1) is 8.07. The molecule has 1 fully saturated rings. The second-order valence-corrected chi connectivity index (χ2v) is 4.63. The topological polar surface area (TPSA) is 83.6 Å². The summed E-state index contributed by atoms with van der Waals surface area (Å²) in [5, 5.41) is 9.08. The van der Waals surface area contributed by atoms with E-state index in [0.29, 0.717) is 19.4 Å². The van der Waals surface area contributed by atoms with Crippen LogP contribution in [0.3, 0.4) is 0 Å². The van der Waals surface area contributed by atoms with Crippen LogP contribution in [0.4, 0.5) is 0 Å². The van der Waals surface area contributed by atoms with Crippen molar-refractivity contribution in [1.82, 2.24) is 4.90 Å². The molecule has 5 nitrogen and oxygen atoms in total. The minimum atomic E-state index is -0.916. The fourth-order valence-corrected chi connectivity index (χ4v) is 2.21. The summed E-state index contributed by atoms with van der Waals surface area (Å²) in [4.78, 5) is 24.6. The predicted octanol–water partition coefficient (Wildman–Crippen LogP) is 0.970. The van der Waals surface area contributed by atoms with Crippen molar-refractivity contribution in [3.63, 3.8) is 0 Å². The lowest BCUT2D eigenvalue weighted by molar-refractivity contribution is -0.152. The van der Waals surface area contributed by atoms with Crippen molar-refractivity contribution in [2.24, 2.45) is 5.73 Å². The lowest BCUT2D eigenvalue weighted by atomic mass is 10.00. The minimum Gasteiger partial charge on any atom is -0.480 e. The van der Waals surface area contributed by atoms with Gasteiger partial charge in [-0.2, -0.15) is 0 Å². The average Bonchev–Trinajstić information content (AvgIpc) is 2.34. The Labute approximate surface area is 102 Å². The van der Waals surface area contributed by atoms with Crippen molar-refractivity contribution >= 4 is 11.9 Å². The summed E-state index contributed by atoms with van der Waals surface area (Å²) in [6.07, 6.45) is 4.81. The summed E-state index contributed by atoms with van der Waals surface area (Å²) < 4.78 is 0. The fourth-order valence-electron chi connectivity index (χ4n) is 2.21. The van der Waals surface area contributed by atoms with Crippen LogP contribution in [0.2, 0.25) is 0 Å². The number of unbranched alkanes of at least 4 members (excludes halogenated alkanes) is 1. The summed E-state index contributed by atoms with van der Waals surface area (Å²) in [7, 11) is 0. The average molecular weight is 242 g/mol. The molecule has 1 rings (SSSR count). The van der Waals surface area contributed by atoms with Gasteiger partial charge in [-0.15, -0.1) is 0 Å². The maximum Gasteiger partial charge on any atom is 0.326 e. The number of hydrogen-bond donors (Lipinski definition) is 2. The number of aliphatic carboxylic acids is 1. The van der Waals surface area contributed by atoms with E-state index in [4.69, 9.17) is 10.8 Å². The van der Waals surface area contributed by atoms with Crippen LogP contribution in [0.1, 0.15) is 45.4 Å². The molecule has 0 bridgehead atoms. The standard InChI is InChI=1S/C12H22N2O3/c1-2-3-6-9(13)11(15)14-8-5-4-7-10(14)12(16)17/h9-10H,2-8,13H2,1H3,(H,16,17)/t9-,10-/m0/s1. The highest BCUT2D eigenvalue weighted by Crippen LogP contribution is 2.18. The molecule has 0 aromatic heterocycles. The normalized spacial score (nSPS) is 22.2. The van der Waals surface area contributed by atoms with Crippen LogP contribution in [0.25, 0.3) is 0 Å². The molecule has 0 spiro atoms. The zero-order valence-electron chi connectivity index (χ0n) is 10.4. The van der Waals surface area contributed by atoms with Crippen LogP contribution in [0.5, 0.6) is 0 Å². The van der Waals surface area contributed by atoms with Gasteiger partial charge in [0.2, 0.25) is 5.91 Å².